The standard InChI is InChI=1S/C15H15N3O5S2/c19-5-8-6-25-14-11(13(21)18(14)12(8)15(22)23)17-10(20)7-24-9-1-3-16-4-2-9/h1-4,11,14,19H,5-7H2,(H,17,20)(H,22,23)/p-1/t11-,14-/m1/s1. The number of pyridine rings is 1. The van der Waals surface area contributed by atoms with Gasteiger partial charge in [0.2, 0.25) is 5.91 Å². The summed E-state index contributed by atoms with van der Waals surface area (Å²) in [6.45, 7) is -0.452. The third kappa shape index (κ3) is 3.51. The van der Waals surface area contributed by atoms with Crippen LogP contribution < -0.4 is 10.4 Å². The first-order valence-electron chi connectivity index (χ1n) is 7.34. The van der Waals surface area contributed by atoms with Gasteiger partial charge in [-0.25, -0.2) is 0 Å². The first-order valence-corrected chi connectivity index (χ1v) is 9.37. The van der Waals surface area contributed by atoms with E-state index in [1.165, 1.54) is 23.5 Å². The highest BCUT2D eigenvalue weighted by Crippen LogP contribution is 2.39. The van der Waals surface area contributed by atoms with Gasteiger partial charge in [0.05, 0.1) is 24.0 Å². The molecule has 10 heteroatoms. The van der Waals surface area contributed by atoms with Crippen LogP contribution >= 0.6 is 23.5 Å². The number of hydrogen-bond acceptors (Lipinski definition) is 8. The maximum absolute atomic E-state index is 12.3. The van der Waals surface area contributed by atoms with Gasteiger partial charge in [0.25, 0.3) is 5.91 Å². The monoisotopic (exact) mass is 380 g/mol. The third-order valence-corrected chi connectivity index (χ3v) is 6.12. The summed E-state index contributed by atoms with van der Waals surface area (Å²) in [5, 5.41) is 22.7. The first-order chi connectivity index (χ1) is 12.0. The number of aliphatic hydroxyl groups excluding tert-OH is 1. The third-order valence-electron chi connectivity index (χ3n) is 3.77. The van der Waals surface area contributed by atoms with Crippen LogP contribution in [0.1, 0.15) is 0 Å². The van der Waals surface area contributed by atoms with Crippen LogP contribution in [0.2, 0.25) is 0 Å². The number of amides is 2. The molecule has 3 rings (SSSR count). The Morgan fingerprint density at radius 1 is 1.44 bits per heavy atom. The van der Waals surface area contributed by atoms with Gasteiger partial charge >= 0.3 is 0 Å². The van der Waals surface area contributed by atoms with E-state index in [0.29, 0.717) is 0 Å². The zero-order valence-corrected chi connectivity index (χ0v) is 14.5. The average molecular weight is 380 g/mol. The van der Waals surface area contributed by atoms with Crippen molar-refractivity contribution < 1.29 is 24.6 Å². The van der Waals surface area contributed by atoms with Gasteiger partial charge in [-0.2, -0.15) is 0 Å². The van der Waals surface area contributed by atoms with Crippen molar-refractivity contribution in [2.45, 2.75) is 16.3 Å². The average Bonchev–Trinajstić information content (AvgIpc) is 2.63. The van der Waals surface area contributed by atoms with Gasteiger partial charge in [0, 0.05) is 23.0 Å². The molecular weight excluding hydrogens is 366 g/mol. The minimum Gasteiger partial charge on any atom is -0.543 e. The highest BCUT2D eigenvalue weighted by molar-refractivity contribution is 8.00. The highest BCUT2D eigenvalue weighted by atomic mass is 32.2. The molecule has 0 radical (unpaired) electrons. The lowest BCUT2D eigenvalue weighted by Gasteiger charge is -2.50. The van der Waals surface area contributed by atoms with Crippen molar-refractivity contribution in [2.75, 3.05) is 18.1 Å². The summed E-state index contributed by atoms with van der Waals surface area (Å²) in [7, 11) is 0. The molecule has 2 aliphatic rings. The topological polar surface area (TPSA) is 123 Å². The van der Waals surface area contributed by atoms with Crippen molar-refractivity contribution in [1.29, 1.82) is 0 Å². The molecule has 0 spiro atoms. The lowest BCUT2D eigenvalue weighted by atomic mass is 10.0. The predicted octanol–water partition coefficient (Wildman–Crippen LogP) is -1.43. The zero-order chi connectivity index (χ0) is 18.0. The molecule has 1 aromatic heterocycles. The molecule has 2 amide bonds. The minimum absolute atomic E-state index is 0.135. The predicted molar refractivity (Wildman–Crippen MR) is 89.1 cm³/mol. The molecule has 2 atom stereocenters. The van der Waals surface area contributed by atoms with E-state index in [2.05, 4.69) is 10.3 Å². The number of carboxylic acid groups (broad SMARTS) is 1. The van der Waals surface area contributed by atoms with Gasteiger partial charge < -0.3 is 20.3 Å². The van der Waals surface area contributed by atoms with Crippen LogP contribution in [0.25, 0.3) is 0 Å². The molecule has 0 saturated carbocycles. The fraction of sp³-hybridized carbons (Fsp3) is 0.333. The molecule has 0 unspecified atom stereocenters. The molecule has 132 valence electrons. The van der Waals surface area contributed by atoms with Gasteiger partial charge in [-0.15, -0.1) is 23.5 Å². The molecule has 3 heterocycles. The van der Waals surface area contributed by atoms with Crippen LogP contribution in [0.4, 0.5) is 0 Å². The summed E-state index contributed by atoms with van der Waals surface area (Å²) in [6, 6.07) is 2.78. The lowest BCUT2D eigenvalue weighted by Crippen LogP contribution is -2.71. The maximum Gasteiger partial charge on any atom is 0.253 e. The summed E-state index contributed by atoms with van der Waals surface area (Å²) in [4.78, 5) is 41.4. The van der Waals surface area contributed by atoms with Gasteiger partial charge in [-0.1, -0.05) is 0 Å². The fourth-order valence-corrected chi connectivity index (χ4v) is 4.62. The Morgan fingerprint density at radius 2 is 2.16 bits per heavy atom. The van der Waals surface area contributed by atoms with Crippen LogP contribution in [0.5, 0.6) is 0 Å². The largest absolute Gasteiger partial charge is 0.543 e. The van der Waals surface area contributed by atoms with E-state index in [0.717, 1.165) is 9.80 Å². The van der Waals surface area contributed by atoms with Crippen molar-refractivity contribution >= 4 is 41.3 Å². The summed E-state index contributed by atoms with van der Waals surface area (Å²) >= 11 is 2.62. The lowest BCUT2D eigenvalue weighted by molar-refractivity contribution is -0.301. The van der Waals surface area contributed by atoms with E-state index in [4.69, 9.17) is 0 Å². The number of rotatable bonds is 6. The number of carbonyl (C=O) groups excluding carboxylic acids is 3. The number of fused-ring (bicyclic) bond motifs is 1. The Kier molecular flexibility index (Phi) is 5.30. The van der Waals surface area contributed by atoms with Crippen LogP contribution in [0, 0.1) is 0 Å². The molecule has 2 N–H and O–H groups in total. The number of nitrogens with zero attached hydrogens (tertiary/aromatic N) is 2. The second kappa shape index (κ2) is 7.46. The van der Waals surface area contributed by atoms with Crippen molar-refractivity contribution in [1.82, 2.24) is 15.2 Å². The first kappa shape index (κ1) is 17.8. The second-order valence-electron chi connectivity index (χ2n) is 5.32. The minimum atomic E-state index is -1.50. The number of carbonyl (C=O) groups is 3. The van der Waals surface area contributed by atoms with Crippen LogP contribution in [0.15, 0.2) is 40.7 Å². The number of carboxylic acids is 1. The van der Waals surface area contributed by atoms with E-state index >= 15 is 0 Å². The summed E-state index contributed by atoms with van der Waals surface area (Å²) < 4.78 is 0. The molecule has 8 nitrogen and oxygen atoms in total. The molecule has 0 bridgehead atoms. The fourth-order valence-electron chi connectivity index (χ4n) is 2.59. The molecule has 2 aliphatic heterocycles. The van der Waals surface area contributed by atoms with Crippen LogP contribution in [-0.2, 0) is 14.4 Å². The number of β-lactam (4-membered cyclic amide) rings is 1. The molecule has 1 saturated heterocycles. The molecule has 0 aromatic carbocycles. The van der Waals surface area contributed by atoms with E-state index in [-0.39, 0.29) is 28.7 Å². The van der Waals surface area contributed by atoms with Crippen molar-refractivity contribution in [3.63, 3.8) is 0 Å². The van der Waals surface area contributed by atoms with E-state index in [9.17, 15) is 24.6 Å². The molecule has 1 aromatic rings. The Balaban J connectivity index is 1.61. The van der Waals surface area contributed by atoms with Crippen LogP contribution in [0.3, 0.4) is 0 Å². The zero-order valence-electron chi connectivity index (χ0n) is 12.9. The van der Waals surface area contributed by atoms with Crippen LogP contribution in [-0.4, -0.2) is 62.3 Å². The quantitative estimate of drug-likeness (QED) is 0.455. The SMILES string of the molecule is O=C(CSc1ccncc1)N[C@@H]1C(=O)N2C(C(=O)[O-])=C(CO)CS[C@H]12. The smallest absolute Gasteiger partial charge is 0.253 e. The van der Waals surface area contributed by atoms with E-state index in [1.54, 1.807) is 24.5 Å². The Bertz CT molecular complexity index is 740. The number of aromatic nitrogens is 1. The Morgan fingerprint density at radius 3 is 2.80 bits per heavy atom. The number of hydrogen-bond donors (Lipinski definition) is 2. The van der Waals surface area contributed by atoms with E-state index in [1.807, 2.05) is 0 Å². The van der Waals surface area contributed by atoms with Gasteiger partial charge in [-0.3, -0.25) is 19.5 Å². The normalized spacial score (nSPS) is 22.3. The van der Waals surface area contributed by atoms with Crippen molar-refractivity contribution in [3.8, 4) is 0 Å². The molecule has 25 heavy (non-hydrogen) atoms. The second-order valence-corrected chi connectivity index (χ2v) is 7.48. The summed E-state index contributed by atoms with van der Waals surface area (Å²) in [5.74, 6) is -1.92. The maximum atomic E-state index is 12.3. The molecular formula is C15H14N3O5S2-. The van der Waals surface area contributed by atoms with E-state index < -0.39 is 29.9 Å². The van der Waals surface area contributed by atoms with Crippen molar-refractivity contribution in [2.24, 2.45) is 0 Å². The highest BCUT2D eigenvalue weighted by Gasteiger charge is 2.52. The van der Waals surface area contributed by atoms with Gasteiger partial charge in [-0.05, 0) is 17.7 Å². The van der Waals surface area contributed by atoms with Gasteiger partial charge in [0.1, 0.15) is 11.4 Å². The number of thioether (sulfide) groups is 2. The summed E-state index contributed by atoms with van der Waals surface area (Å²) in [5.41, 5.74) is -0.0412. The molecule has 0 aliphatic carbocycles. The van der Waals surface area contributed by atoms with Gasteiger partial charge in [0.15, 0.2) is 0 Å². The number of nitrogens with one attached hydrogen (secondary N) is 1. The molecule has 1 fully saturated rings. The Labute approximate surface area is 151 Å². The van der Waals surface area contributed by atoms with Crippen molar-refractivity contribution in [3.05, 3.63) is 35.8 Å². The Hall–Kier alpha value is -2.04. The number of aliphatic hydroxyl groups is 1. The summed E-state index contributed by atoms with van der Waals surface area (Å²) in [6.07, 6.45) is 3.25. The number of aliphatic carboxylic acids is 1.